The Kier molecular flexibility index (Phi) is 1.82. The topological polar surface area (TPSA) is 50.9 Å². The van der Waals surface area contributed by atoms with Gasteiger partial charge in [0.25, 0.3) is 0 Å². The Morgan fingerprint density at radius 1 is 1.60 bits per heavy atom. The molecule has 0 radical (unpaired) electrons. The van der Waals surface area contributed by atoms with Crippen molar-refractivity contribution in [3.05, 3.63) is 23.6 Å². The van der Waals surface area contributed by atoms with Crippen LogP contribution in [0.5, 0.6) is 0 Å². The normalized spacial score (nSPS) is 9.50. The average Bonchev–Trinajstić information content (AvgIpc) is 1.95. The Bertz CT molecular complexity index is 236. The predicted octanol–water partition coefficient (Wildman–Crippen LogP) is 0.815. The van der Waals surface area contributed by atoms with E-state index in [-0.39, 0.29) is 5.82 Å². The number of anilines is 1. The monoisotopic (exact) mass is 141 g/mol. The number of pyridine rings is 1. The molecule has 0 aromatic carbocycles. The fourth-order valence-electron chi connectivity index (χ4n) is 0.624. The van der Waals surface area contributed by atoms with Crippen LogP contribution in [0, 0.1) is 12.7 Å². The standard InChI is InChI=1S/C6H8FN3/c1-4-5(7)2-3-6(9-4)10-8/h2-3H,8H2,1H3,(H,9,10). The van der Waals surface area contributed by atoms with E-state index in [0.29, 0.717) is 11.5 Å². The van der Waals surface area contributed by atoms with Gasteiger partial charge < -0.3 is 5.43 Å². The molecule has 0 aliphatic heterocycles. The summed E-state index contributed by atoms with van der Waals surface area (Å²) in [4.78, 5) is 3.78. The highest BCUT2D eigenvalue weighted by Gasteiger charge is 1.97. The van der Waals surface area contributed by atoms with Crippen LogP contribution < -0.4 is 11.3 Å². The van der Waals surface area contributed by atoms with Gasteiger partial charge in [-0.15, -0.1) is 0 Å². The summed E-state index contributed by atoms with van der Waals surface area (Å²) in [6.45, 7) is 1.58. The molecule has 4 heteroatoms. The number of hydrogen-bond donors (Lipinski definition) is 2. The summed E-state index contributed by atoms with van der Waals surface area (Å²) < 4.78 is 12.5. The van der Waals surface area contributed by atoms with Gasteiger partial charge in [0.15, 0.2) is 0 Å². The van der Waals surface area contributed by atoms with Crippen LogP contribution in [-0.4, -0.2) is 4.98 Å². The molecule has 0 atom stereocenters. The van der Waals surface area contributed by atoms with E-state index in [1.807, 2.05) is 0 Å². The number of nitrogens with two attached hydrogens (primary N) is 1. The zero-order chi connectivity index (χ0) is 7.56. The van der Waals surface area contributed by atoms with Gasteiger partial charge in [0.05, 0.1) is 5.69 Å². The van der Waals surface area contributed by atoms with E-state index >= 15 is 0 Å². The SMILES string of the molecule is Cc1nc(NN)ccc1F. The molecule has 1 aromatic rings. The van der Waals surface area contributed by atoms with E-state index in [2.05, 4.69) is 10.4 Å². The largest absolute Gasteiger partial charge is 0.308 e. The van der Waals surface area contributed by atoms with Crippen molar-refractivity contribution in [1.29, 1.82) is 0 Å². The van der Waals surface area contributed by atoms with Crippen molar-refractivity contribution in [1.82, 2.24) is 4.98 Å². The van der Waals surface area contributed by atoms with Gasteiger partial charge in [-0.3, -0.25) is 0 Å². The van der Waals surface area contributed by atoms with Gasteiger partial charge in [-0.1, -0.05) is 0 Å². The Balaban J connectivity index is 3.04. The Morgan fingerprint density at radius 2 is 2.30 bits per heavy atom. The first-order valence-electron chi connectivity index (χ1n) is 2.84. The zero-order valence-corrected chi connectivity index (χ0v) is 5.56. The van der Waals surface area contributed by atoms with Gasteiger partial charge >= 0.3 is 0 Å². The molecule has 0 amide bonds. The first kappa shape index (κ1) is 6.95. The molecule has 54 valence electrons. The van der Waals surface area contributed by atoms with Crippen LogP contribution in [0.2, 0.25) is 0 Å². The number of nitrogens with zero attached hydrogens (tertiary/aromatic N) is 1. The van der Waals surface area contributed by atoms with Gasteiger partial charge in [0.2, 0.25) is 0 Å². The fraction of sp³-hybridized carbons (Fsp3) is 0.167. The molecule has 1 rings (SSSR count). The van der Waals surface area contributed by atoms with Crippen LogP contribution in [0.3, 0.4) is 0 Å². The highest BCUT2D eigenvalue weighted by atomic mass is 19.1. The molecule has 3 N–H and O–H groups in total. The van der Waals surface area contributed by atoms with E-state index in [0.717, 1.165) is 0 Å². The molecular formula is C6H8FN3. The van der Waals surface area contributed by atoms with Crippen LogP contribution in [0.15, 0.2) is 12.1 Å². The summed E-state index contributed by atoms with van der Waals surface area (Å²) in [6.07, 6.45) is 0. The average molecular weight is 141 g/mol. The Labute approximate surface area is 58.0 Å². The number of nitrogens with one attached hydrogen (secondary N) is 1. The molecule has 0 bridgehead atoms. The maximum absolute atomic E-state index is 12.5. The molecule has 10 heavy (non-hydrogen) atoms. The second-order valence-corrected chi connectivity index (χ2v) is 1.91. The van der Waals surface area contributed by atoms with Crippen molar-refractivity contribution in [3.8, 4) is 0 Å². The molecule has 0 aliphatic carbocycles. The molecule has 0 aliphatic rings. The van der Waals surface area contributed by atoms with Crippen molar-refractivity contribution in [2.75, 3.05) is 5.43 Å². The molecule has 1 aromatic heterocycles. The van der Waals surface area contributed by atoms with E-state index in [4.69, 9.17) is 5.84 Å². The lowest BCUT2D eigenvalue weighted by Crippen LogP contribution is -2.09. The third kappa shape index (κ3) is 1.22. The first-order valence-corrected chi connectivity index (χ1v) is 2.84. The minimum absolute atomic E-state index is 0.320. The van der Waals surface area contributed by atoms with Crippen LogP contribution in [0.25, 0.3) is 0 Å². The molecular weight excluding hydrogens is 133 g/mol. The first-order chi connectivity index (χ1) is 4.74. The minimum atomic E-state index is -0.320. The van der Waals surface area contributed by atoms with Crippen LogP contribution >= 0.6 is 0 Å². The number of aryl methyl sites for hydroxylation is 1. The summed E-state index contributed by atoms with van der Waals surface area (Å²) in [7, 11) is 0. The quantitative estimate of drug-likeness (QED) is 0.449. The number of aromatic nitrogens is 1. The van der Waals surface area contributed by atoms with Gasteiger partial charge in [0, 0.05) is 0 Å². The minimum Gasteiger partial charge on any atom is -0.308 e. The van der Waals surface area contributed by atoms with Crippen molar-refractivity contribution in [3.63, 3.8) is 0 Å². The number of nitrogen functional groups attached to an aromatic ring is 1. The number of hydrogen-bond acceptors (Lipinski definition) is 3. The number of rotatable bonds is 1. The molecule has 0 saturated carbocycles. The highest BCUT2D eigenvalue weighted by Crippen LogP contribution is 2.06. The van der Waals surface area contributed by atoms with Crippen LogP contribution in [0.4, 0.5) is 10.2 Å². The summed E-state index contributed by atoms with van der Waals surface area (Å²) in [6, 6.07) is 2.79. The van der Waals surface area contributed by atoms with Crippen LogP contribution in [0.1, 0.15) is 5.69 Å². The van der Waals surface area contributed by atoms with Gasteiger partial charge in [-0.05, 0) is 19.1 Å². The molecule has 0 spiro atoms. The molecule has 0 saturated heterocycles. The van der Waals surface area contributed by atoms with E-state index < -0.39 is 0 Å². The van der Waals surface area contributed by atoms with Crippen molar-refractivity contribution >= 4 is 5.82 Å². The Hall–Kier alpha value is -1.16. The lowest BCUT2D eigenvalue weighted by Gasteiger charge is -1.99. The summed E-state index contributed by atoms with van der Waals surface area (Å²) in [5, 5.41) is 0. The van der Waals surface area contributed by atoms with Crippen molar-refractivity contribution in [2.45, 2.75) is 6.92 Å². The smallest absolute Gasteiger partial charge is 0.144 e. The summed E-state index contributed by atoms with van der Waals surface area (Å²) in [5.41, 5.74) is 2.66. The molecule has 0 unspecified atom stereocenters. The second-order valence-electron chi connectivity index (χ2n) is 1.91. The van der Waals surface area contributed by atoms with E-state index in [1.165, 1.54) is 12.1 Å². The van der Waals surface area contributed by atoms with Crippen LogP contribution in [-0.2, 0) is 0 Å². The maximum atomic E-state index is 12.5. The molecule has 3 nitrogen and oxygen atoms in total. The second kappa shape index (κ2) is 2.62. The molecule has 1 heterocycles. The fourth-order valence-corrected chi connectivity index (χ4v) is 0.624. The molecule has 0 fully saturated rings. The lowest BCUT2D eigenvalue weighted by molar-refractivity contribution is 0.610. The Morgan fingerprint density at radius 3 is 2.80 bits per heavy atom. The third-order valence-corrected chi connectivity index (χ3v) is 1.17. The van der Waals surface area contributed by atoms with Gasteiger partial charge in [-0.25, -0.2) is 15.2 Å². The van der Waals surface area contributed by atoms with Gasteiger partial charge in [-0.2, -0.15) is 0 Å². The zero-order valence-electron chi connectivity index (χ0n) is 5.56. The van der Waals surface area contributed by atoms with E-state index in [1.54, 1.807) is 6.92 Å². The predicted molar refractivity (Wildman–Crippen MR) is 36.7 cm³/mol. The van der Waals surface area contributed by atoms with Crippen molar-refractivity contribution < 1.29 is 4.39 Å². The van der Waals surface area contributed by atoms with E-state index in [9.17, 15) is 4.39 Å². The highest BCUT2D eigenvalue weighted by molar-refractivity contribution is 5.33. The number of halogens is 1. The van der Waals surface area contributed by atoms with Gasteiger partial charge in [0.1, 0.15) is 11.6 Å². The maximum Gasteiger partial charge on any atom is 0.144 e. The number of hydrazine groups is 1. The van der Waals surface area contributed by atoms with Crippen molar-refractivity contribution in [2.24, 2.45) is 5.84 Å². The summed E-state index contributed by atoms with van der Waals surface area (Å²) in [5.74, 6) is 5.18. The lowest BCUT2D eigenvalue weighted by atomic mass is 10.3. The summed E-state index contributed by atoms with van der Waals surface area (Å²) >= 11 is 0. The third-order valence-electron chi connectivity index (χ3n) is 1.17.